The van der Waals surface area contributed by atoms with Gasteiger partial charge in [0.2, 0.25) is 11.8 Å². The molecule has 0 aromatic heterocycles. The smallest absolute Gasteiger partial charge is 0.246 e. The lowest BCUT2D eigenvalue weighted by Crippen LogP contribution is -2.57. The minimum atomic E-state index is -0.135. The van der Waals surface area contributed by atoms with Crippen LogP contribution >= 0.6 is 11.6 Å². The number of aromatic hydroxyl groups is 1. The zero-order valence-corrected chi connectivity index (χ0v) is 14.6. The Balaban J connectivity index is 1.71. The normalized spacial score (nSPS) is 17.7. The lowest BCUT2D eigenvalue weighted by molar-refractivity contribution is -0.138. The molecular formula is C19H19ClN2O3. The first-order valence-corrected chi connectivity index (χ1v) is 8.45. The zero-order valence-electron chi connectivity index (χ0n) is 13.9. The van der Waals surface area contributed by atoms with Crippen molar-refractivity contribution in [2.75, 3.05) is 18.0 Å². The van der Waals surface area contributed by atoms with Gasteiger partial charge in [-0.2, -0.15) is 0 Å². The van der Waals surface area contributed by atoms with E-state index in [1.165, 1.54) is 0 Å². The third kappa shape index (κ3) is 3.94. The van der Waals surface area contributed by atoms with Gasteiger partial charge in [-0.1, -0.05) is 29.8 Å². The van der Waals surface area contributed by atoms with E-state index in [9.17, 15) is 14.7 Å². The summed E-state index contributed by atoms with van der Waals surface area (Å²) in [5.74, 6) is -0.137. The van der Waals surface area contributed by atoms with Crippen LogP contribution in [0.3, 0.4) is 0 Å². The van der Waals surface area contributed by atoms with Crippen molar-refractivity contribution >= 4 is 29.1 Å². The van der Waals surface area contributed by atoms with Crippen molar-refractivity contribution < 1.29 is 14.7 Å². The van der Waals surface area contributed by atoms with Gasteiger partial charge in [-0.25, -0.2) is 0 Å². The molecule has 130 valence electrons. The maximum absolute atomic E-state index is 12.6. The third-order valence-electron chi connectivity index (χ3n) is 4.29. The van der Waals surface area contributed by atoms with E-state index in [0.29, 0.717) is 11.6 Å². The van der Waals surface area contributed by atoms with Crippen molar-refractivity contribution in [3.05, 3.63) is 59.1 Å². The van der Waals surface area contributed by atoms with Crippen molar-refractivity contribution in [2.45, 2.75) is 19.4 Å². The fourth-order valence-corrected chi connectivity index (χ4v) is 3.21. The van der Waals surface area contributed by atoms with Gasteiger partial charge in [0.25, 0.3) is 0 Å². The monoisotopic (exact) mass is 358 g/mol. The molecule has 0 saturated carbocycles. The SMILES string of the molecule is CC1CN(c2cccc(Cl)c2)C(=O)CN1C(=O)Cc1cccc(O)c1. The van der Waals surface area contributed by atoms with E-state index < -0.39 is 0 Å². The Morgan fingerprint density at radius 2 is 2.00 bits per heavy atom. The predicted molar refractivity (Wildman–Crippen MR) is 96.8 cm³/mol. The van der Waals surface area contributed by atoms with Crippen molar-refractivity contribution in [1.29, 1.82) is 0 Å². The molecule has 0 spiro atoms. The summed E-state index contributed by atoms with van der Waals surface area (Å²) in [4.78, 5) is 28.4. The number of piperazine rings is 1. The predicted octanol–water partition coefficient (Wildman–Crippen LogP) is 2.85. The molecule has 2 aromatic carbocycles. The van der Waals surface area contributed by atoms with Crippen LogP contribution in [0.25, 0.3) is 0 Å². The number of anilines is 1. The molecule has 2 amide bonds. The average molecular weight is 359 g/mol. The van der Waals surface area contributed by atoms with Crippen molar-refractivity contribution in [1.82, 2.24) is 4.90 Å². The van der Waals surface area contributed by atoms with Crippen LogP contribution < -0.4 is 4.90 Å². The van der Waals surface area contributed by atoms with Gasteiger partial charge in [-0.3, -0.25) is 9.59 Å². The third-order valence-corrected chi connectivity index (χ3v) is 4.53. The number of amides is 2. The maximum atomic E-state index is 12.6. The largest absolute Gasteiger partial charge is 0.508 e. The van der Waals surface area contributed by atoms with Gasteiger partial charge in [0.15, 0.2) is 0 Å². The van der Waals surface area contributed by atoms with E-state index in [1.807, 2.05) is 13.0 Å². The molecule has 2 aromatic rings. The lowest BCUT2D eigenvalue weighted by atomic mass is 10.1. The number of carbonyl (C=O) groups excluding carboxylic acids is 2. The van der Waals surface area contributed by atoms with Gasteiger partial charge in [-0.05, 0) is 42.8 Å². The van der Waals surface area contributed by atoms with Gasteiger partial charge in [0.05, 0.1) is 6.42 Å². The number of hydrogen-bond acceptors (Lipinski definition) is 3. The molecule has 0 bridgehead atoms. The van der Waals surface area contributed by atoms with Crippen LogP contribution in [0, 0.1) is 0 Å². The van der Waals surface area contributed by atoms with Gasteiger partial charge >= 0.3 is 0 Å². The number of carbonyl (C=O) groups is 2. The summed E-state index contributed by atoms with van der Waals surface area (Å²) in [5, 5.41) is 10.1. The van der Waals surface area contributed by atoms with E-state index in [-0.39, 0.29) is 36.6 Å². The number of nitrogens with zero attached hydrogens (tertiary/aromatic N) is 2. The molecule has 6 heteroatoms. The summed E-state index contributed by atoms with van der Waals surface area (Å²) in [6.45, 7) is 2.38. The van der Waals surface area contributed by atoms with E-state index in [4.69, 9.17) is 11.6 Å². The van der Waals surface area contributed by atoms with Gasteiger partial charge in [0, 0.05) is 23.3 Å². The van der Waals surface area contributed by atoms with E-state index >= 15 is 0 Å². The molecule has 1 saturated heterocycles. The number of phenols is 1. The van der Waals surface area contributed by atoms with Crippen LogP contribution in [0.15, 0.2) is 48.5 Å². The van der Waals surface area contributed by atoms with Crippen LogP contribution in [0.2, 0.25) is 5.02 Å². The molecule has 0 aliphatic carbocycles. The lowest BCUT2D eigenvalue weighted by Gasteiger charge is -2.39. The van der Waals surface area contributed by atoms with Crippen LogP contribution in [-0.2, 0) is 16.0 Å². The molecule has 1 fully saturated rings. The first-order chi connectivity index (χ1) is 11.9. The molecule has 1 aliphatic rings. The summed E-state index contributed by atoms with van der Waals surface area (Å²) in [5.41, 5.74) is 1.46. The molecule has 1 heterocycles. The van der Waals surface area contributed by atoms with Crippen LogP contribution in [-0.4, -0.2) is 41.0 Å². The first kappa shape index (κ1) is 17.3. The summed E-state index contributed by atoms with van der Waals surface area (Å²) in [6.07, 6.45) is 0.156. The number of hydrogen-bond donors (Lipinski definition) is 1. The Hall–Kier alpha value is -2.53. The highest BCUT2D eigenvalue weighted by atomic mass is 35.5. The van der Waals surface area contributed by atoms with E-state index in [1.54, 1.807) is 52.3 Å². The summed E-state index contributed by atoms with van der Waals surface area (Å²) < 4.78 is 0. The Labute approximate surface area is 151 Å². The van der Waals surface area contributed by atoms with Crippen molar-refractivity contribution in [2.24, 2.45) is 0 Å². The molecule has 1 atom stereocenters. The van der Waals surface area contributed by atoms with Gasteiger partial charge < -0.3 is 14.9 Å². The molecule has 0 radical (unpaired) electrons. The average Bonchev–Trinajstić information content (AvgIpc) is 2.56. The van der Waals surface area contributed by atoms with E-state index in [2.05, 4.69) is 0 Å². The second-order valence-corrected chi connectivity index (χ2v) is 6.64. The molecule has 3 rings (SSSR count). The van der Waals surface area contributed by atoms with Gasteiger partial charge in [0.1, 0.15) is 12.3 Å². The molecular weight excluding hydrogens is 340 g/mol. The van der Waals surface area contributed by atoms with Crippen LogP contribution in [0.4, 0.5) is 5.69 Å². The van der Waals surface area contributed by atoms with Gasteiger partial charge in [-0.15, -0.1) is 0 Å². The number of rotatable bonds is 3. The molecule has 1 unspecified atom stereocenters. The van der Waals surface area contributed by atoms with Crippen LogP contribution in [0.1, 0.15) is 12.5 Å². The highest BCUT2D eigenvalue weighted by Crippen LogP contribution is 2.24. The topological polar surface area (TPSA) is 60.9 Å². The Kier molecular flexibility index (Phi) is 4.95. The Morgan fingerprint density at radius 1 is 1.24 bits per heavy atom. The number of halogens is 1. The van der Waals surface area contributed by atoms with Crippen LogP contribution in [0.5, 0.6) is 5.75 Å². The van der Waals surface area contributed by atoms with Crippen molar-refractivity contribution in [3.8, 4) is 5.75 Å². The highest BCUT2D eigenvalue weighted by Gasteiger charge is 2.33. The first-order valence-electron chi connectivity index (χ1n) is 8.07. The van der Waals surface area contributed by atoms with E-state index in [0.717, 1.165) is 11.3 Å². The minimum Gasteiger partial charge on any atom is -0.508 e. The quantitative estimate of drug-likeness (QED) is 0.917. The second-order valence-electron chi connectivity index (χ2n) is 6.20. The van der Waals surface area contributed by atoms with Crippen molar-refractivity contribution in [3.63, 3.8) is 0 Å². The summed E-state index contributed by atoms with van der Waals surface area (Å²) in [6, 6.07) is 13.6. The molecule has 5 nitrogen and oxygen atoms in total. The summed E-state index contributed by atoms with van der Waals surface area (Å²) in [7, 11) is 0. The molecule has 1 N–H and O–H groups in total. The Bertz CT molecular complexity index is 809. The summed E-state index contributed by atoms with van der Waals surface area (Å²) >= 11 is 6.01. The maximum Gasteiger partial charge on any atom is 0.246 e. The number of phenolic OH excluding ortho intramolecular Hbond substituents is 1. The number of benzene rings is 2. The molecule has 1 aliphatic heterocycles. The molecule has 25 heavy (non-hydrogen) atoms. The standard InChI is InChI=1S/C19H19ClN2O3/c1-13-11-22(16-6-3-5-15(20)10-16)19(25)12-21(13)18(24)9-14-4-2-7-17(23)8-14/h2-8,10,13,23H,9,11-12H2,1H3. The zero-order chi connectivity index (χ0) is 18.0. The fraction of sp³-hybridized carbons (Fsp3) is 0.263. The highest BCUT2D eigenvalue weighted by molar-refractivity contribution is 6.30. The Morgan fingerprint density at radius 3 is 2.72 bits per heavy atom. The fourth-order valence-electron chi connectivity index (χ4n) is 3.02. The minimum absolute atomic E-state index is 0.0331. The second kappa shape index (κ2) is 7.15.